The molecule has 23 heavy (non-hydrogen) atoms. The van der Waals surface area contributed by atoms with Gasteiger partial charge in [-0.25, -0.2) is 15.3 Å². The summed E-state index contributed by atoms with van der Waals surface area (Å²) in [5, 5.41) is 4.68. The van der Waals surface area contributed by atoms with Crippen molar-refractivity contribution in [1.29, 1.82) is 0 Å². The average Bonchev–Trinajstić information content (AvgIpc) is 2.89. The quantitative estimate of drug-likeness (QED) is 0.374. The summed E-state index contributed by atoms with van der Waals surface area (Å²) in [6.07, 6.45) is 2.78. The lowest BCUT2D eigenvalue weighted by atomic mass is 9.97. The highest BCUT2D eigenvalue weighted by molar-refractivity contribution is 7.48. The highest BCUT2D eigenvalue weighted by atomic mass is 31.2. The van der Waals surface area contributed by atoms with Gasteiger partial charge in [0.1, 0.15) is 5.75 Å². The van der Waals surface area contributed by atoms with Crippen molar-refractivity contribution in [3.05, 3.63) is 23.8 Å². The lowest BCUT2D eigenvalue weighted by Gasteiger charge is -2.20. The fourth-order valence-corrected chi connectivity index (χ4v) is 3.32. The molecule has 11 heteroatoms. The highest BCUT2D eigenvalue weighted by Gasteiger charge is 2.32. The molecule has 0 amide bonds. The molecule has 2 N–H and O–H groups in total. The Labute approximate surface area is 138 Å². The second-order valence-corrected chi connectivity index (χ2v) is 6.74. The van der Waals surface area contributed by atoms with E-state index in [2.05, 4.69) is 20.7 Å². The maximum absolute atomic E-state index is 12.5. The lowest BCUT2D eigenvalue weighted by Crippen LogP contribution is -2.18. The summed E-state index contributed by atoms with van der Waals surface area (Å²) in [6.45, 7) is 0.905. The van der Waals surface area contributed by atoms with E-state index >= 15 is 0 Å². The van der Waals surface area contributed by atoms with Crippen molar-refractivity contribution in [2.24, 2.45) is 4.99 Å². The predicted octanol–water partition coefficient (Wildman–Crippen LogP) is 0.0633. The topological polar surface area (TPSA) is 84.4 Å². The van der Waals surface area contributed by atoms with Crippen LogP contribution in [-0.4, -0.2) is 47.7 Å². The first-order chi connectivity index (χ1) is 11.0. The largest absolute Gasteiger partial charge is 0.561 e. The van der Waals surface area contributed by atoms with Crippen molar-refractivity contribution in [3.8, 4) is 5.75 Å². The number of nitrogens with zero attached hydrogens (tertiary/aromatic N) is 2. The number of aliphatic imine (C=N–C) groups is 1. The minimum absolute atomic E-state index is 0.0984. The molecule has 0 saturated carbocycles. The molecule has 1 aromatic carbocycles. The summed E-state index contributed by atoms with van der Waals surface area (Å²) >= 11 is 0. The zero-order chi connectivity index (χ0) is 16.9. The molecule has 1 aliphatic heterocycles. The fourth-order valence-electron chi connectivity index (χ4n) is 2.36. The first-order valence-electron chi connectivity index (χ1n) is 7.31. The Morgan fingerprint density at radius 2 is 2.00 bits per heavy atom. The third-order valence-corrected chi connectivity index (χ3v) is 4.54. The van der Waals surface area contributed by atoms with Gasteiger partial charge in [-0.1, -0.05) is 6.07 Å². The molecular weight excluding hydrogens is 317 g/mol. The summed E-state index contributed by atoms with van der Waals surface area (Å²) in [6, 6.07) is 5.43. The monoisotopic (exact) mass is 338 g/mol. The molecule has 0 spiro atoms. The van der Waals surface area contributed by atoms with E-state index in [9.17, 15) is 4.57 Å². The maximum atomic E-state index is 12.5. The first-order valence-corrected chi connectivity index (χ1v) is 8.77. The van der Waals surface area contributed by atoms with Crippen LogP contribution in [0.3, 0.4) is 0 Å². The van der Waals surface area contributed by atoms with Crippen LogP contribution in [0.5, 0.6) is 5.75 Å². The first kappa shape index (κ1) is 18.2. The van der Waals surface area contributed by atoms with Gasteiger partial charge < -0.3 is 9.42 Å². The van der Waals surface area contributed by atoms with Crippen LogP contribution >= 0.6 is 7.82 Å². The molecule has 0 aliphatic carbocycles. The van der Waals surface area contributed by atoms with Crippen LogP contribution in [0, 0.1) is 0 Å². The maximum Gasteiger partial charge on any atom is 0.561 e. The third kappa shape index (κ3) is 4.67. The van der Waals surface area contributed by atoms with Gasteiger partial charge in [0.2, 0.25) is 16.0 Å². The fraction of sp³-hybridized carbons (Fsp3) is 0.417. The number of hydrogen-bond donors (Lipinski definition) is 2. The minimum Gasteiger partial charge on any atom is -0.402 e. The molecule has 1 aromatic rings. The van der Waals surface area contributed by atoms with Crippen LogP contribution in [0.25, 0.3) is 0 Å². The van der Waals surface area contributed by atoms with E-state index in [1.54, 1.807) is 12.1 Å². The van der Waals surface area contributed by atoms with Gasteiger partial charge in [0.15, 0.2) is 0 Å². The van der Waals surface area contributed by atoms with E-state index in [1.807, 2.05) is 26.4 Å². The number of benzene rings is 1. The van der Waals surface area contributed by atoms with Gasteiger partial charge in [-0.2, -0.15) is 9.25 Å². The van der Waals surface area contributed by atoms with Crippen molar-refractivity contribution in [2.45, 2.75) is 12.3 Å². The molecule has 1 heterocycles. The molecule has 0 radical (unpaired) electrons. The van der Waals surface area contributed by atoms with E-state index in [-0.39, 0.29) is 5.92 Å². The van der Waals surface area contributed by atoms with Crippen molar-refractivity contribution in [2.75, 3.05) is 20.6 Å². The van der Waals surface area contributed by atoms with Crippen molar-refractivity contribution < 1.29 is 18.3 Å². The lowest BCUT2D eigenvalue weighted by molar-refractivity contribution is 0.119. The summed E-state index contributed by atoms with van der Waals surface area (Å²) in [7, 11) is 3.17. The zero-order valence-electron chi connectivity index (χ0n) is 13.8. The zero-order valence-corrected chi connectivity index (χ0v) is 14.7. The molecule has 124 valence electrons. The second kappa shape index (κ2) is 8.10. The van der Waals surface area contributed by atoms with E-state index in [1.165, 1.54) is 16.0 Å². The Balaban J connectivity index is 2.24. The number of nitrogens with one attached hydrogen (secondary N) is 2. The molecule has 0 bridgehead atoms. The Bertz CT molecular complexity index is 607. The standard InChI is InChI=1S/C12H21B2N4O4P/c1-18(2)7-6-9-8-15-10-4-3-5-11(12(9)10)20-23(19,21-16-13)22-17-14/h3-5,8-9,16-17H,6-7,13-14H2,1-2H3. The van der Waals surface area contributed by atoms with Gasteiger partial charge in [-0.15, -0.1) is 0 Å². The van der Waals surface area contributed by atoms with E-state index in [4.69, 9.17) is 13.8 Å². The van der Waals surface area contributed by atoms with Crippen LogP contribution in [0.15, 0.2) is 23.2 Å². The van der Waals surface area contributed by atoms with E-state index < -0.39 is 7.82 Å². The molecule has 0 aromatic heterocycles. The van der Waals surface area contributed by atoms with Gasteiger partial charge in [0, 0.05) is 17.7 Å². The molecule has 1 aliphatic rings. The number of rotatable bonds is 9. The van der Waals surface area contributed by atoms with Crippen molar-refractivity contribution in [1.82, 2.24) is 15.7 Å². The van der Waals surface area contributed by atoms with Crippen LogP contribution in [-0.2, 0) is 13.8 Å². The van der Waals surface area contributed by atoms with Crippen molar-refractivity contribution in [3.63, 3.8) is 0 Å². The third-order valence-electron chi connectivity index (χ3n) is 3.31. The van der Waals surface area contributed by atoms with Crippen LogP contribution in [0.2, 0.25) is 0 Å². The van der Waals surface area contributed by atoms with Crippen LogP contribution in [0.1, 0.15) is 17.9 Å². The Morgan fingerprint density at radius 3 is 2.61 bits per heavy atom. The normalized spacial score (nSPS) is 16.7. The highest BCUT2D eigenvalue weighted by Crippen LogP contribution is 2.51. The van der Waals surface area contributed by atoms with E-state index in [0.717, 1.165) is 24.2 Å². The van der Waals surface area contributed by atoms with Gasteiger partial charge in [0.05, 0.1) is 5.69 Å². The number of fused-ring (bicyclic) bond motifs is 1. The molecule has 2 rings (SSSR count). The number of phosphoric acid groups is 1. The Hall–Kier alpha value is -1.15. The van der Waals surface area contributed by atoms with E-state index in [0.29, 0.717) is 5.75 Å². The molecule has 0 fully saturated rings. The average molecular weight is 338 g/mol. The minimum atomic E-state index is -3.83. The Morgan fingerprint density at radius 1 is 1.30 bits per heavy atom. The SMILES string of the molecule is BNOP(=O)(ONB)Oc1cccc2c1C(CCN(C)C)C=N2. The summed E-state index contributed by atoms with van der Waals surface area (Å²) in [5.74, 6) is 0.541. The molecule has 1 atom stereocenters. The molecule has 0 saturated heterocycles. The summed E-state index contributed by atoms with van der Waals surface area (Å²) in [5.41, 5.74) is 1.71. The Kier molecular flexibility index (Phi) is 6.41. The number of hydrogen-bond acceptors (Lipinski definition) is 8. The van der Waals surface area contributed by atoms with Gasteiger partial charge in [0.25, 0.3) is 0 Å². The predicted molar refractivity (Wildman–Crippen MR) is 94.3 cm³/mol. The second-order valence-electron chi connectivity index (χ2n) is 5.29. The van der Waals surface area contributed by atoms with Crippen molar-refractivity contribution >= 4 is 35.7 Å². The van der Waals surface area contributed by atoms with Crippen LogP contribution in [0.4, 0.5) is 5.69 Å². The van der Waals surface area contributed by atoms with Gasteiger partial charge in [-0.3, -0.25) is 4.99 Å². The molecule has 8 nitrogen and oxygen atoms in total. The van der Waals surface area contributed by atoms with Gasteiger partial charge in [-0.05, 0) is 39.2 Å². The summed E-state index contributed by atoms with van der Waals surface area (Å²) in [4.78, 5) is 6.52. The smallest absolute Gasteiger partial charge is 0.402 e. The van der Waals surface area contributed by atoms with Crippen LogP contribution < -0.4 is 15.3 Å². The summed E-state index contributed by atoms with van der Waals surface area (Å²) < 4.78 is 27.9. The molecule has 1 unspecified atom stereocenters. The molecular formula is C12H21B2N4O4P. The van der Waals surface area contributed by atoms with Gasteiger partial charge >= 0.3 is 7.82 Å².